The standard InChI is InChI=1S/C13H27O.Ti/c1-4-7-10-13(14,11-8-5-2)12-9-6-3;/h4-12H2,1-3H3;/q-1;+1. The van der Waals surface area contributed by atoms with Crippen LogP contribution in [0.15, 0.2) is 0 Å². The van der Waals surface area contributed by atoms with E-state index in [0.29, 0.717) is 0 Å². The molecule has 0 radical (unpaired) electrons. The molecule has 0 saturated heterocycles. The average Bonchev–Trinajstić information content (AvgIpc) is 2.29. The molecule has 15 heavy (non-hydrogen) atoms. The minimum atomic E-state index is 0.196. The van der Waals surface area contributed by atoms with Crippen molar-refractivity contribution >= 4 is 0 Å². The van der Waals surface area contributed by atoms with Crippen molar-refractivity contribution in [2.45, 2.75) is 84.2 Å². The van der Waals surface area contributed by atoms with E-state index in [-0.39, 0.29) is 5.60 Å². The summed E-state index contributed by atoms with van der Waals surface area (Å²) in [6.45, 7) is 6.79. The Bertz CT molecular complexity index is 115. The summed E-state index contributed by atoms with van der Waals surface area (Å²) in [5, 5.41) is 0. The number of hydrogen-bond acceptors (Lipinski definition) is 1. The average molecular weight is 247 g/mol. The van der Waals surface area contributed by atoms with E-state index in [1.54, 1.807) is 0 Å². The van der Waals surface area contributed by atoms with Crippen LogP contribution in [0, 0.1) is 0 Å². The van der Waals surface area contributed by atoms with Crippen molar-refractivity contribution in [3.8, 4) is 0 Å². The SMILES string of the molecule is CCCCC(CCCC)(CCCC)[O][Ti]. The summed E-state index contributed by atoms with van der Waals surface area (Å²) in [7, 11) is 0. The van der Waals surface area contributed by atoms with Gasteiger partial charge in [0.1, 0.15) is 0 Å². The molecule has 0 fully saturated rings. The predicted octanol–water partition coefficient (Wildman–Crippen LogP) is 4.77. The molecule has 0 heterocycles. The molecule has 0 aromatic carbocycles. The third-order valence-electron chi connectivity index (χ3n) is 3.17. The molecule has 0 aliphatic carbocycles. The van der Waals surface area contributed by atoms with Crippen LogP contribution in [0.3, 0.4) is 0 Å². The Morgan fingerprint density at radius 3 is 1.33 bits per heavy atom. The van der Waals surface area contributed by atoms with Gasteiger partial charge in [-0.3, -0.25) is 0 Å². The Labute approximate surface area is 108 Å². The zero-order chi connectivity index (χ0) is 11.6. The van der Waals surface area contributed by atoms with Crippen LogP contribution < -0.4 is 0 Å². The Morgan fingerprint density at radius 1 is 0.800 bits per heavy atom. The molecular formula is C13H27OTi. The van der Waals surface area contributed by atoms with E-state index >= 15 is 0 Å². The zero-order valence-corrected chi connectivity index (χ0v) is 12.3. The van der Waals surface area contributed by atoms with Gasteiger partial charge in [0.05, 0.1) is 0 Å². The van der Waals surface area contributed by atoms with Crippen LogP contribution in [0.25, 0.3) is 0 Å². The van der Waals surface area contributed by atoms with Gasteiger partial charge < -0.3 is 0 Å². The van der Waals surface area contributed by atoms with Gasteiger partial charge in [-0.1, -0.05) is 0 Å². The molecule has 0 atom stereocenters. The first-order valence-electron chi connectivity index (χ1n) is 6.59. The zero-order valence-electron chi connectivity index (χ0n) is 10.8. The van der Waals surface area contributed by atoms with E-state index in [1.165, 1.54) is 57.8 Å². The van der Waals surface area contributed by atoms with Crippen LogP contribution >= 0.6 is 0 Å². The van der Waals surface area contributed by atoms with E-state index in [1.807, 2.05) is 20.8 Å². The molecule has 0 bridgehead atoms. The predicted molar refractivity (Wildman–Crippen MR) is 62.4 cm³/mol. The summed E-state index contributed by atoms with van der Waals surface area (Å²) in [6.07, 6.45) is 11.5. The molecule has 0 N–H and O–H groups in total. The molecule has 0 saturated carbocycles. The van der Waals surface area contributed by atoms with Gasteiger partial charge >= 0.3 is 108 Å². The van der Waals surface area contributed by atoms with Gasteiger partial charge in [0, 0.05) is 0 Å². The van der Waals surface area contributed by atoms with Crippen LogP contribution in [0.4, 0.5) is 0 Å². The molecule has 0 aliphatic heterocycles. The summed E-state index contributed by atoms with van der Waals surface area (Å²) in [5.74, 6) is 0. The molecule has 1 nitrogen and oxygen atoms in total. The van der Waals surface area contributed by atoms with Gasteiger partial charge in [-0.2, -0.15) is 0 Å². The maximum atomic E-state index is 5.84. The first-order chi connectivity index (χ1) is 7.24. The van der Waals surface area contributed by atoms with Crippen LogP contribution in [0.1, 0.15) is 78.6 Å². The molecule has 89 valence electrons. The van der Waals surface area contributed by atoms with Gasteiger partial charge in [0.15, 0.2) is 0 Å². The first-order valence-corrected chi connectivity index (χ1v) is 7.23. The van der Waals surface area contributed by atoms with Gasteiger partial charge in [0.25, 0.3) is 0 Å². The number of rotatable bonds is 10. The summed E-state index contributed by atoms with van der Waals surface area (Å²) < 4.78 is 5.84. The van der Waals surface area contributed by atoms with E-state index in [0.717, 1.165) is 0 Å². The van der Waals surface area contributed by atoms with Crippen molar-refractivity contribution in [2.24, 2.45) is 0 Å². The second kappa shape index (κ2) is 9.87. The van der Waals surface area contributed by atoms with E-state index in [9.17, 15) is 0 Å². The van der Waals surface area contributed by atoms with Crippen molar-refractivity contribution < 1.29 is 24.1 Å². The maximum absolute atomic E-state index is 5.84. The van der Waals surface area contributed by atoms with E-state index in [4.69, 9.17) is 3.32 Å². The fourth-order valence-corrected chi connectivity index (χ4v) is 2.50. The van der Waals surface area contributed by atoms with Crippen molar-refractivity contribution in [1.82, 2.24) is 0 Å². The Hall–Kier alpha value is 0.674. The molecule has 0 aliphatic rings. The van der Waals surface area contributed by atoms with Gasteiger partial charge in [-0.25, -0.2) is 0 Å². The molecule has 0 unspecified atom stereocenters. The van der Waals surface area contributed by atoms with Crippen LogP contribution in [-0.4, -0.2) is 5.60 Å². The van der Waals surface area contributed by atoms with Gasteiger partial charge in [0.2, 0.25) is 0 Å². The molecular weight excluding hydrogens is 220 g/mol. The molecule has 0 amide bonds. The summed E-state index contributed by atoms with van der Waals surface area (Å²) in [6, 6.07) is 0. The Kier molecular flexibility index (Phi) is 10.3. The van der Waals surface area contributed by atoms with Crippen molar-refractivity contribution in [3.63, 3.8) is 0 Å². The summed E-state index contributed by atoms with van der Waals surface area (Å²) in [4.78, 5) is 0. The molecule has 2 heteroatoms. The second-order valence-electron chi connectivity index (χ2n) is 4.60. The summed E-state index contributed by atoms with van der Waals surface area (Å²) >= 11 is 1.90. The fraction of sp³-hybridized carbons (Fsp3) is 1.00. The van der Waals surface area contributed by atoms with Crippen molar-refractivity contribution in [1.29, 1.82) is 0 Å². The van der Waals surface area contributed by atoms with Crippen LogP contribution in [-0.2, 0) is 24.1 Å². The Morgan fingerprint density at radius 2 is 1.13 bits per heavy atom. The molecule has 0 aromatic heterocycles. The topological polar surface area (TPSA) is 9.23 Å². The van der Waals surface area contributed by atoms with Gasteiger partial charge in [-0.05, 0) is 0 Å². The molecule has 0 rings (SSSR count). The minimum absolute atomic E-state index is 0.196. The van der Waals surface area contributed by atoms with Gasteiger partial charge in [-0.15, -0.1) is 0 Å². The molecule has 0 aromatic rings. The van der Waals surface area contributed by atoms with Crippen LogP contribution in [0.5, 0.6) is 0 Å². The fourth-order valence-electron chi connectivity index (χ4n) is 2.02. The quantitative estimate of drug-likeness (QED) is 0.505. The van der Waals surface area contributed by atoms with Crippen molar-refractivity contribution in [3.05, 3.63) is 0 Å². The van der Waals surface area contributed by atoms with E-state index < -0.39 is 0 Å². The van der Waals surface area contributed by atoms with Crippen LogP contribution in [0.2, 0.25) is 0 Å². The third kappa shape index (κ3) is 6.76. The van der Waals surface area contributed by atoms with Crippen molar-refractivity contribution in [2.75, 3.05) is 0 Å². The Balaban J connectivity index is 4.16. The second-order valence-corrected chi connectivity index (χ2v) is 4.91. The summed E-state index contributed by atoms with van der Waals surface area (Å²) in [5.41, 5.74) is 0.196. The third-order valence-corrected chi connectivity index (χ3v) is 3.85. The van der Waals surface area contributed by atoms with E-state index in [2.05, 4.69) is 20.8 Å². The normalized spacial score (nSPS) is 11.9. The number of hydrogen-bond donors (Lipinski definition) is 0. The number of unbranched alkanes of at least 4 members (excludes halogenated alkanes) is 3. The molecule has 0 spiro atoms. The first kappa shape index (κ1) is 15.7. The monoisotopic (exact) mass is 247 g/mol.